The van der Waals surface area contributed by atoms with Gasteiger partial charge < -0.3 is 20.1 Å². The molecule has 4 heteroatoms. The molecule has 1 aromatic carbocycles. The Morgan fingerprint density at radius 3 is 2.44 bits per heavy atom. The van der Waals surface area contributed by atoms with Gasteiger partial charge >= 0.3 is 0 Å². The molecule has 1 saturated heterocycles. The lowest BCUT2D eigenvalue weighted by molar-refractivity contribution is 0.371. The lowest BCUT2D eigenvalue weighted by Crippen LogP contribution is -2.42. The highest BCUT2D eigenvalue weighted by Gasteiger charge is 2.22. The van der Waals surface area contributed by atoms with E-state index in [9.17, 15) is 0 Å². The lowest BCUT2D eigenvalue weighted by atomic mass is 9.97. The number of hydrogen-bond acceptors (Lipinski definition) is 4. The molecule has 1 unspecified atom stereocenters. The highest BCUT2D eigenvalue weighted by atomic mass is 16.5. The minimum atomic E-state index is 0.280. The van der Waals surface area contributed by atoms with Crippen LogP contribution >= 0.6 is 0 Å². The van der Waals surface area contributed by atoms with E-state index < -0.39 is 0 Å². The molecule has 0 amide bonds. The van der Waals surface area contributed by atoms with Crippen molar-refractivity contribution >= 4 is 0 Å². The predicted molar refractivity (Wildman–Crippen MR) is 72.6 cm³/mol. The van der Waals surface area contributed by atoms with Crippen molar-refractivity contribution in [2.45, 2.75) is 19.9 Å². The maximum atomic E-state index is 5.59. The lowest BCUT2D eigenvalue weighted by Gasteiger charge is -2.28. The fourth-order valence-electron chi connectivity index (χ4n) is 2.50. The molecule has 0 aromatic heterocycles. The monoisotopic (exact) mass is 250 g/mol. The summed E-state index contributed by atoms with van der Waals surface area (Å²) in [7, 11) is 3.44. The Bertz CT molecular complexity index is 426. The molecule has 100 valence electrons. The van der Waals surface area contributed by atoms with E-state index in [-0.39, 0.29) is 6.04 Å². The second-order valence-corrected chi connectivity index (χ2v) is 4.66. The minimum absolute atomic E-state index is 0.280. The third-order valence-electron chi connectivity index (χ3n) is 3.66. The van der Waals surface area contributed by atoms with Crippen molar-refractivity contribution in [2.75, 3.05) is 33.9 Å². The molecule has 0 saturated carbocycles. The predicted octanol–water partition coefficient (Wildman–Crippen LogP) is 1.55. The van der Waals surface area contributed by atoms with Gasteiger partial charge in [0, 0.05) is 31.2 Å². The average Bonchev–Trinajstić information content (AvgIpc) is 2.42. The van der Waals surface area contributed by atoms with Crippen molar-refractivity contribution in [3.63, 3.8) is 0 Å². The van der Waals surface area contributed by atoms with Crippen molar-refractivity contribution in [3.8, 4) is 11.5 Å². The molecular formula is C14H22N2O2. The van der Waals surface area contributed by atoms with Gasteiger partial charge in [-0.15, -0.1) is 0 Å². The number of hydrogen-bond donors (Lipinski definition) is 2. The molecular weight excluding hydrogens is 228 g/mol. The molecule has 1 heterocycles. The van der Waals surface area contributed by atoms with Crippen molar-refractivity contribution in [2.24, 2.45) is 0 Å². The van der Waals surface area contributed by atoms with Gasteiger partial charge in [-0.1, -0.05) is 0 Å². The largest absolute Gasteiger partial charge is 0.496 e. The maximum absolute atomic E-state index is 5.59. The van der Waals surface area contributed by atoms with Gasteiger partial charge in [0.1, 0.15) is 11.5 Å². The number of rotatable bonds is 3. The van der Waals surface area contributed by atoms with E-state index in [1.807, 2.05) is 0 Å². The summed E-state index contributed by atoms with van der Waals surface area (Å²) in [5.41, 5.74) is 3.46. The van der Waals surface area contributed by atoms with E-state index in [0.29, 0.717) is 0 Å². The number of piperazine rings is 1. The van der Waals surface area contributed by atoms with Crippen molar-refractivity contribution in [3.05, 3.63) is 22.8 Å². The summed E-state index contributed by atoms with van der Waals surface area (Å²) < 4.78 is 11.0. The Labute approximate surface area is 109 Å². The van der Waals surface area contributed by atoms with E-state index in [1.54, 1.807) is 14.2 Å². The zero-order valence-corrected chi connectivity index (χ0v) is 11.6. The molecule has 0 spiro atoms. The first-order chi connectivity index (χ1) is 8.69. The molecule has 2 N–H and O–H groups in total. The van der Waals surface area contributed by atoms with Crippen LogP contribution in [0.5, 0.6) is 11.5 Å². The summed E-state index contributed by atoms with van der Waals surface area (Å²) in [4.78, 5) is 0. The van der Waals surface area contributed by atoms with Crippen LogP contribution in [0, 0.1) is 13.8 Å². The fraction of sp³-hybridized carbons (Fsp3) is 0.571. The van der Waals surface area contributed by atoms with Crippen LogP contribution in [0.2, 0.25) is 0 Å². The van der Waals surface area contributed by atoms with Crippen LogP contribution in [0.15, 0.2) is 6.07 Å². The van der Waals surface area contributed by atoms with Gasteiger partial charge in [0.2, 0.25) is 0 Å². The summed E-state index contributed by atoms with van der Waals surface area (Å²) in [5.74, 6) is 1.89. The van der Waals surface area contributed by atoms with Crippen LogP contribution in [0.1, 0.15) is 22.7 Å². The van der Waals surface area contributed by atoms with E-state index in [1.165, 1.54) is 5.56 Å². The summed E-state index contributed by atoms with van der Waals surface area (Å²) in [6.45, 7) is 7.05. The second kappa shape index (κ2) is 5.59. The van der Waals surface area contributed by atoms with Crippen molar-refractivity contribution in [1.82, 2.24) is 10.6 Å². The Balaban J connectivity index is 2.46. The van der Waals surface area contributed by atoms with E-state index >= 15 is 0 Å². The standard InChI is InChI=1S/C14H22N2O2/c1-9-10(2)14(18-4)11(7-13(9)17-3)12-8-15-5-6-16-12/h7,12,15-16H,5-6,8H2,1-4H3. The highest BCUT2D eigenvalue weighted by molar-refractivity contribution is 5.53. The van der Waals surface area contributed by atoms with Gasteiger partial charge in [0.15, 0.2) is 0 Å². The molecule has 1 aromatic rings. The van der Waals surface area contributed by atoms with Gasteiger partial charge in [-0.3, -0.25) is 0 Å². The maximum Gasteiger partial charge on any atom is 0.127 e. The van der Waals surface area contributed by atoms with Crippen LogP contribution in [0.3, 0.4) is 0 Å². The van der Waals surface area contributed by atoms with E-state index in [4.69, 9.17) is 9.47 Å². The van der Waals surface area contributed by atoms with Crippen LogP contribution < -0.4 is 20.1 Å². The van der Waals surface area contributed by atoms with Gasteiger partial charge in [-0.05, 0) is 31.0 Å². The Hall–Kier alpha value is -1.26. The third-order valence-corrected chi connectivity index (χ3v) is 3.66. The first-order valence-electron chi connectivity index (χ1n) is 6.35. The highest BCUT2D eigenvalue weighted by Crippen LogP contribution is 2.36. The number of ether oxygens (including phenoxy) is 2. The topological polar surface area (TPSA) is 42.5 Å². The first kappa shape index (κ1) is 13.2. The Kier molecular flexibility index (Phi) is 4.09. The molecule has 4 nitrogen and oxygen atoms in total. The Morgan fingerprint density at radius 2 is 1.89 bits per heavy atom. The van der Waals surface area contributed by atoms with Crippen LogP contribution in [-0.4, -0.2) is 33.9 Å². The Morgan fingerprint density at radius 1 is 1.11 bits per heavy atom. The van der Waals surface area contributed by atoms with Gasteiger partial charge in [0.25, 0.3) is 0 Å². The second-order valence-electron chi connectivity index (χ2n) is 4.66. The molecule has 1 atom stereocenters. The molecule has 0 bridgehead atoms. The number of nitrogens with one attached hydrogen (secondary N) is 2. The quantitative estimate of drug-likeness (QED) is 0.854. The van der Waals surface area contributed by atoms with E-state index in [2.05, 4.69) is 30.5 Å². The molecule has 1 aliphatic heterocycles. The molecule has 0 radical (unpaired) electrons. The summed E-state index contributed by atoms with van der Waals surface area (Å²) in [5, 5.41) is 6.91. The minimum Gasteiger partial charge on any atom is -0.496 e. The number of benzene rings is 1. The zero-order valence-electron chi connectivity index (χ0n) is 11.6. The smallest absolute Gasteiger partial charge is 0.127 e. The molecule has 2 rings (SSSR count). The van der Waals surface area contributed by atoms with Crippen LogP contribution in [0.4, 0.5) is 0 Å². The summed E-state index contributed by atoms with van der Waals surface area (Å²) in [6.07, 6.45) is 0. The molecule has 0 aliphatic carbocycles. The van der Waals surface area contributed by atoms with Crippen LogP contribution in [-0.2, 0) is 0 Å². The molecule has 1 aliphatic rings. The first-order valence-corrected chi connectivity index (χ1v) is 6.35. The van der Waals surface area contributed by atoms with Crippen LogP contribution in [0.25, 0.3) is 0 Å². The SMILES string of the molecule is COc1cc(C2CNCCN2)c(OC)c(C)c1C. The molecule has 18 heavy (non-hydrogen) atoms. The third kappa shape index (κ3) is 2.31. The van der Waals surface area contributed by atoms with Gasteiger partial charge in [0.05, 0.1) is 14.2 Å². The van der Waals surface area contributed by atoms with Crippen molar-refractivity contribution < 1.29 is 9.47 Å². The normalized spacial score (nSPS) is 19.7. The number of methoxy groups -OCH3 is 2. The average molecular weight is 250 g/mol. The fourth-order valence-corrected chi connectivity index (χ4v) is 2.50. The van der Waals surface area contributed by atoms with Crippen molar-refractivity contribution in [1.29, 1.82) is 0 Å². The molecule has 1 fully saturated rings. The summed E-state index contributed by atoms with van der Waals surface area (Å²) in [6, 6.07) is 2.37. The van der Waals surface area contributed by atoms with Gasteiger partial charge in [-0.25, -0.2) is 0 Å². The summed E-state index contributed by atoms with van der Waals surface area (Å²) >= 11 is 0. The van der Waals surface area contributed by atoms with Gasteiger partial charge in [-0.2, -0.15) is 0 Å². The zero-order chi connectivity index (χ0) is 13.1. The van der Waals surface area contributed by atoms with E-state index in [0.717, 1.165) is 42.3 Å².